The molecule has 3 rings (SSSR count). The van der Waals surface area contributed by atoms with Crippen molar-refractivity contribution < 1.29 is 4.79 Å². The van der Waals surface area contributed by atoms with Crippen LogP contribution in [0, 0.1) is 6.92 Å². The second kappa shape index (κ2) is 8.01. The number of amides is 1. The predicted octanol–water partition coefficient (Wildman–Crippen LogP) is 2.22. The van der Waals surface area contributed by atoms with Crippen molar-refractivity contribution in [3.8, 4) is 5.69 Å². The zero-order valence-electron chi connectivity index (χ0n) is 15.1. The molecule has 2 heterocycles. The quantitative estimate of drug-likeness (QED) is 0.766. The van der Waals surface area contributed by atoms with Crippen LogP contribution in [0.4, 0.5) is 0 Å². The fourth-order valence-corrected chi connectivity index (χ4v) is 3.97. The van der Waals surface area contributed by atoms with Crippen molar-refractivity contribution in [3.63, 3.8) is 0 Å². The molecule has 1 aliphatic heterocycles. The summed E-state index contributed by atoms with van der Waals surface area (Å²) in [6, 6.07) is 8.11. The first-order valence-electron chi connectivity index (χ1n) is 8.74. The van der Waals surface area contributed by atoms with Crippen LogP contribution in [-0.4, -0.2) is 68.4 Å². The van der Waals surface area contributed by atoms with Crippen molar-refractivity contribution in [1.29, 1.82) is 0 Å². The van der Waals surface area contributed by atoms with Gasteiger partial charge in [0.05, 0.1) is 10.9 Å². The highest BCUT2D eigenvalue weighted by Gasteiger charge is 2.26. The number of benzene rings is 1. The molecule has 1 atom stereocenters. The Hall–Kier alpha value is -1.86. The molecule has 0 saturated carbocycles. The second-order valence-electron chi connectivity index (χ2n) is 6.29. The standard InChI is InChI=1S/C18H25N5OS/c1-4-21-9-11-22(12-10-21)17(24)15(3)25-18-20-19-13-23(18)16-8-6-5-7-14(16)2/h5-8,13,15H,4,9-12H2,1-3H3. The first-order valence-corrected chi connectivity index (χ1v) is 9.62. The van der Waals surface area contributed by atoms with E-state index in [1.54, 1.807) is 6.33 Å². The van der Waals surface area contributed by atoms with Crippen molar-refractivity contribution >= 4 is 17.7 Å². The van der Waals surface area contributed by atoms with Gasteiger partial charge in [0, 0.05) is 26.2 Å². The molecule has 0 radical (unpaired) electrons. The van der Waals surface area contributed by atoms with E-state index in [-0.39, 0.29) is 11.2 Å². The SMILES string of the molecule is CCN1CCN(C(=O)C(C)Sc2nncn2-c2ccccc2C)CC1. The molecule has 0 N–H and O–H groups in total. The summed E-state index contributed by atoms with van der Waals surface area (Å²) in [6.07, 6.45) is 1.71. The molecule has 1 amide bonds. The molecule has 134 valence electrons. The zero-order valence-corrected chi connectivity index (χ0v) is 15.9. The third-order valence-corrected chi connectivity index (χ3v) is 5.70. The summed E-state index contributed by atoms with van der Waals surface area (Å²) in [5.74, 6) is 0.181. The molecule has 1 aromatic heterocycles. The smallest absolute Gasteiger partial charge is 0.235 e. The van der Waals surface area contributed by atoms with Crippen LogP contribution < -0.4 is 0 Å². The summed E-state index contributed by atoms with van der Waals surface area (Å²) in [7, 11) is 0. The van der Waals surface area contributed by atoms with Gasteiger partial charge in [0.1, 0.15) is 6.33 Å². The van der Waals surface area contributed by atoms with Crippen molar-refractivity contribution in [1.82, 2.24) is 24.6 Å². The Balaban J connectivity index is 1.68. The molecule has 1 saturated heterocycles. The summed E-state index contributed by atoms with van der Waals surface area (Å²) < 4.78 is 1.96. The van der Waals surface area contributed by atoms with Crippen molar-refractivity contribution in [3.05, 3.63) is 36.2 Å². The number of carbonyl (C=O) groups excluding carboxylic acids is 1. The number of hydrogen-bond donors (Lipinski definition) is 0. The van der Waals surface area contributed by atoms with Gasteiger partial charge >= 0.3 is 0 Å². The lowest BCUT2D eigenvalue weighted by Gasteiger charge is -2.35. The zero-order chi connectivity index (χ0) is 17.8. The van der Waals surface area contributed by atoms with Crippen molar-refractivity contribution in [2.24, 2.45) is 0 Å². The summed E-state index contributed by atoms with van der Waals surface area (Å²) >= 11 is 1.47. The Labute approximate surface area is 153 Å². The Morgan fingerprint density at radius 3 is 2.64 bits per heavy atom. The van der Waals surface area contributed by atoms with Crippen molar-refractivity contribution in [2.45, 2.75) is 31.2 Å². The molecule has 1 aromatic carbocycles. The predicted molar refractivity (Wildman–Crippen MR) is 100 cm³/mol. The largest absolute Gasteiger partial charge is 0.339 e. The van der Waals surface area contributed by atoms with Gasteiger partial charge < -0.3 is 9.80 Å². The van der Waals surface area contributed by atoms with Gasteiger partial charge in [-0.3, -0.25) is 9.36 Å². The number of aromatic nitrogens is 3. The average molecular weight is 359 g/mol. The lowest BCUT2D eigenvalue weighted by atomic mass is 10.2. The lowest BCUT2D eigenvalue weighted by molar-refractivity contribution is -0.132. The highest BCUT2D eigenvalue weighted by molar-refractivity contribution is 8.00. The highest BCUT2D eigenvalue weighted by atomic mass is 32.2. The third-order valence-electron chi connectivity index (χ3n) is 4.65. The number of nitrogens with zero attached hydrogens (tertiary/aromatic N) is 5. The molecule has 1 fully saturated rings. The molecule has 0 bridgehead atoms. The second-order valence-corrected chi connectivity index (χ2v) is 7.60. The molecule has 0 spiro atoms. The Morgan fingerprint density at radius 2 is 1.96 bits per heavy atom. The van der Waals surface area contributed by atoms with Gasteiger partial charge in [0.25, 0.3) is 0 Å². The number of piperazine rings is 1. The third kappa shape index (κ3) is 4.04. The number of hydrogen-bond acceptors (Lipinski definition) is 5. The maximum atomic E-state index is 12.8. The van der Waals surface area contributed by atoms with Crippen LogP contribution in [0.15, 0.2) is 35.7 Å². The number of para-hydroxylation sites is 1. The monoisotopic (exact) mass is 359 g/mol. The summed E-state index contributed by atoms with van der Waals surface area (Å²) in [6.45, 7) is 10.8. The fourth-order valence-electron chi connectivity index (χ4n) is 3.05. The Kier molecular flexibility index (Phi) is 5.75. The van der Waals surface area contributed by atoms with E-state index in [2.05, 4.69) is 35.0 Å². The van der Waals surface area contributed by atoms with Crippen LogP contribution in [0.25, 0.3) is 5.69 Å². The van der Waals surface area contributed by atoms with Crippen LogP contribution in [-0.2, 0) is 4.79 Å². The number of aryl methyl sites for hydroxylation is 1. The van der Waals surface area contributed by atoms with Crippen LogP contribution in [0.1, 0.15) is 19.4 Å². The first kappa shape index (κ1) is 17.9. The molecule has 0 aliphatic carbocycles. The maximum absolute atomic E-state index is 12.8. The van der Waals surface area contributed by atoms with Crippen LogP contribution in [0.3, 0.4) is 0 Å². The minimum Gasteiger partial charge on any atom is -0.339 e. The van der Waals surface area contributed by atoms with Gasteiger partial charge in [0.2, 0.25) is 5.91 Å². The molecular weight excluding hydrogens is 334 g/mol. The van der Waals surface area contributed by atoms with Crippen molar-refractivity contribution in [2.75, 3.05) is 32.7 Å². The molecular formula is C18H25N5OS. The van der Waals surface area contributed by atoms with E-state index >= 15 is 0 Å². The van der Waals surface area contributed by atoms with E-state index < -0.39 is 0 Å². The number of rotatable bonds is 5. The van der Waals surface area contributed by atoms with E-state index in [0.29, 0.717) is 0 Å². The number of thioether (sulfide) groups is 1. The highest BCUT2D eigenvalue weighted by Crippen LogP contribution is 2.26. The maximum Gasteiger partial charge on any atom is 0.235 e. The van der Waals surface area contributed by atoms with Gasteiger partial charge in [-0.05, 0) is 32.0 Å². The van der Waals surface area contributed by atoms with E-state index in [1.165, 1.54) is 11.8 Å². The average Bonchev–Trinajstić information content (AvgIpc) is 3.09. The molecule has 7 heteroatoms. The molecule has 2 aromatic rings. The fraction of sp³-hybridized carbons (Fsp3) is 0.500. The normalized spacial score (nSPS) is 16.8. The van der Waals surface area contributed by atoms with Crippen LogP contribution in [0.2, 0.25) is 0 Å². The summed E-state index contributed by atoms with van der Waals surface area (Å²) in [4.78, 5) is 17.1. The van der Waals surface area contributed by atoms with Crippen LogP contribution >= 0.6 is 11.8 Å². The van der Waals surface area contributed by atoms with Gasteiger partial charge in [0.15, 0.2) is 5.16 Å². The molecule has 6 nitrogen and oxygen atoms in total. The number of carbonyl (C=O) groups is 1. The van der Waals surface area contributed by atoms with Gasteiger partial charge in [-0.1, -0.05) is 36.9 Å². The minimum atomic E-state index is -0.180. The van der Waals surface area contributed by atoms with Gasteiger partial charge in [-0.25, -0.2) is 0 Å². The van der Waals surface area contributed by atoms with E-state index in [9.17, 15) is 4.79 Å². The van der Waals surface area contributed by atoms with E-state index in [4.69, 9.17) is 0 Å². The summed E-state index contributed by atoms with van der Waals surface area (Å²) in [5.41, 5.74) is 2.20. The number of likely N-dealkylation sites (N-methyl/N-ethyl adjacent to an activating group) is 1. The topological polar surface area (TPSA) is 54.3 Å². The minimum absolute atomic E-state index is 0.180. The van der Waals surface area contributed by atoms with E-state index in [1.807, 2.05) is 34.6 Å². The Bertz CT molecular complexity index is 724. The molecule has 1 unspecified atom stereocenters. The molecule has 25 heavy (non-hydrogen) atoms. The summed E-state index contributed by atoms with van der Waals surface area (Å²) in [5, 5.41) is 8.84. The van der Waals surface area contributed by atoms with E-state index in [0.717, 1.165) is 49.1 Å². The lowest BCUT2D eigenvalue weighted by Crippen LogP contribution is -2.50. The van der Waals surface area contributed by atoms with Crippen LogP contribution in [0.5, 0.6) is 0 Å². The first-order chi connectivity index (χ1) is 12.1. The Morgan fingerprint density at radius 1 is 1.24 bits per heavy atom. The van der Waals surface area contributed by atoms with Gasteiger partial charge in [-0.2, -0.15) is 0 Å². The molecule has 1 aliphatic rings. The van der Waals surface area contributed by atoms with Gasteiger partial charge in [-0.15, -0.1) is 10.2 Å².